The van der Waals surface area contributed by atoms with Gasteiger partial charge in [0.25, 0.3) is 11.9 Å². The Hall–Kier alpha value is -0.240. The lowest BCUT2D eigenvalue weighted by Gasteiger charge is -2.61. The second-order valence-corrected chi connectivity index (χ2v) is 13.0. The molecule has 4 rings (SSSR count). The van der Waals surface area contributed by atoms with Gasteiger partial charge < -0.3 is 30.6 Å². The lowest BCUT2D eigenvalue weighted by molar-refractivity contribution is -0.440. The highest BCUT2D eigenvalue weighted by atomic mass is 16.7. The van der Waals surface area contributed by atoms with Crippen LogP contribution in [0.15, 0.2) is 0 Å². The van der Waals surface area contributed by atoms with E-state index in [0.717, 1.165) is 30.1 Å². The molecule has 8 atom stereocenters. The Balaban J connectivity index is 1.40. The first-order valence-electron chi connectivity index (χ1n) is 13.6. The Morgan fingerprint density at radius 2 is 1.39 bits per heavy atom. The summed E-state index contributed by atoms with van der Waals surface area (Å²) >= 11 is 0. The molecule has 0 aromatic rings. The predicted octanol–water partition coefficient (Wildman–Crippen LogP) is 3.72. The van der Waals surface area contributed by atoms with E-state index in [1.165, 1.54) is 64.2 Å². The highest BCUT2D eigenvalue weighted by Gasteiger charge is 2.60. The van der Waals surface area contributed by atoms with Gasteiger partial charge in [-0.15, -0.1) is 0 Å². The topological polar surface area (TPSA) is 121 Å². The van der Waals surface area contributed by atoms with Crippen LogP contribution in [0.1, 0.15) is 104 Å². The summed E-state index contributed by atoms with van der Waals surface area (Å²) in [4.78, 5) is 0. The zero-order valence-electron chi connectivity index (χ0n) is 20.9. The van der Waals surface area contributed by atoms with E-state index in [1.807, 2.05) is 0 Å². The van der Waals surface area contributed by atoms with Crippen molar-refractivity contribution < 1.29 is 30.6 Å². The first-order valence-corrected chi connectivity index (χ1v) is 13.6. The maximum atomic E-state index is 9.43. The molecule has 1 unspecified atom stereocenters. The van der Waals surface area contributed by atoms with Crippen molar-refractivity contribution >= 4 is 0 Å². The number of hydrogen-bond acceptors (Lipinski definition) is 6. The molecule has 6 nitrogen and oxygen atoms in total. The third kappa shape index (κ3) is 4.65. The molecule has 0 aromatic carbocycles. The van der Waals surface area contributed by atoms with Crippen molar-refractivity contribution in [1.29, 1.82) is 0 Å². The van der Waals surface area contributed by atoms with Crippen molar-refractivity contribution in [2.24, 2.45) is 52.3 Å². The summed E-state index contributed by atoms with van der Waals surface area (Å²) in [7, 11) is 0. The standard InChI is InChI=1S/C27H48O6/c1-17(7-6-9-23(26(28,29)30)27(31,32)33)20-12-13-21-19-11-10-18-8-4-5-15-24(18,2)22(19)14-16-25(20,21)3/h17-23,28-33H,4-16H2,1-3H3/t17-,18?,19+,20-,21+,22+,24+,25-/m1/s1. The summed E-state index contributed by atoms with van der Waals surface area (Å²) in [6.07, 6.45) is 14.9. The molecular formula is C27H48O6. The molecule has 0 heterocycles. The summed E-state index contributed by atoms with van der Waals surface area (Å²) < 4.78 is 0. The van der Waals surface area contributed by atoms with Crippen LogP contribution in [0, 0.1) is 52.3 Å². The van der Waals surface area contributed by atoms with E-state index >= 15 is 0 Å². The molecule has 0 spiro atoms. The molecule has 4 aliphatic carbocycles. The minimum atomic E-state index is -3.33. The quantitative estimate of drug-likeness (QED) is 0.317. The lowest BCUT2D eigenvalue weighted by atomic mass is 9.44. The molecule has 6 N–H and O–H groups in total. The van der Waals surface area contributed by atoms with Crippen molar-refractivity contribution in [3.8, 4) is 0 Å². The second kappa shape index (κ2) is 9.01. The van der Waals surface area contributed by atoms with E-state index < -0.39 is 17.9 Å². The number of hydrogen-bond donors (Lipinski definition) is 6. The summed E-state index contributed by atoms with van der Waals surface area (Å²) in [5.74, 6) is -3.99. The van der Waals surface area contributed by atoms with E-state index in [1.54, 1.807) is 0 Å². The number of aliphatic hydroxyl groups is 6. The van der Waals surface area contributed by atoms with E-state index in [4.69, 9.17) is 0 Å². The summed E-state index contributed by atoms with van der Waals surface area (Å²) in [6.45, 7) is 7.42. The van der Waals surface area contributed by atoms with Gasteiger partial charge >= 0.3 is 0 Å². The SMILES string of the molecule is C[C@H](CCCC(C(O)(O)O)C(O)(O)O)[C@H]1CC[C@H]2[C@@H]3CCC4CCCC[C@]4(C)[C@H]3CC[C@]12C. The maximum absolute atomic E-state index is 9.43. The zero-order chi connectivity index (χ0) is 24.2. The van der Waals surface area contributed by atoms with Gasteiger partial charge in [0.2, 0.25) is 0 Å². The van der Waals surface area contributed by atoms with E-state index in [-0.39, 0.29) is 6.42 Å². The molecule has 4 fully saturated rings. The fraction of sp³-hybridized carbons (Fsp3) is 1.00. The molecule has 0 saturated heterocycles. The first-order chi connectivity index (χ1) is 15.3. The van der Waals surface area contributed by atoms with Crippen LogP contribution in [-0.2, 0) is 0 Å². The third-order valence-electron chi connectivity index (χ3n) is 11.4. The maximum Gasteiger partial charge on any atom is 0.286 e. The van der Waals surface area contributed by atoms with E-state index in [0.29, 0.717) is 29.1 Å². The van der Waals surface area contributed by atoms with Gasteiger partial charge in [0.1, 0.15) is 5.92 Å². The normalized spacial score (nSPS) is 42.5. The molecule has 192 valence electrons. The molecule has 0 aromatic heterocycles. The van der Waals surface area contributed by atoms with Gasteiger partial charge in [-0.2, -0.15) is 0 Å². The fourth-order valence-electron chi connectivity index (χ4n) is 9.76. The van der Waals surface area contributed by atoms with Gasteiger partial charge in [-0.05, 0) is 104 Å². The van der Waals surface area contributed by atoms with Crippen LogP contribution < -0.4 is 0 Å². The summed E-state index contributed by atoms with van der Waals surface area (Å²) in [5, 5.41) is 56.6. The van der Waals surface area contributed by atoms with Gasteiger partial charge in [-0.25, -0.2) is 0 Å². The highest BCUT2D eigenvalue weighted by Crippen LogP contribution is 2.68. The van der Waals surface area contributed by atoms with Crippen LogP contribution in [0.4, 0.5) is 0 Å². The minimum absolute atomic E-state index is 0.0886. The average Bonchev–Trinajstić information content (AvgIpc) is 3.06. The Morgan fingerprint density at radius 3 is 2.06 bits per heavy atom. The van der Waals surface area contributed by atoms with Crippen LogP contribution in [0.2, 0.25) is 0 Å². The van der Waals surface area contributed by atoms with E-state index in [2.05, 4.69) is 20.8 Å². The average molecular weight is 469 g/mol. The van der Waals surface area contributed by atoms with Crippen LogP contribution in [0.5, 0.6) is 0 Å². The smallest absolute Gasteiger partial charge is 0.286 e. The van der Waals surface area contributed by atoms with Gasteiger partial charge in [-0.1, -0.05) is 46.5 Å². The van der Waals surface area contributed by atoms with Crippen molar-refractivity contribution in [1.82, 2.24) is 0 Å². The monoisotopic (exact) mass is 468 g/mol. The molecule has 33 heavy (non-hydrogen) atoms. The number of rotatable bonds is 7. The van der Waals surface area contributed by atoms with Crippen LogP contribution >= 0.6 is 0 Å². The number of fused-ring (bicyclic) bond motifs is 5. The summed E-state index contributed by atoms with van der Waals surface area (Å²) in [6, 6.07) is 0. The Kier molecular flexibility index (Phi) is 7.05. The lowest BCUT2D eigenvalue weighted by Crippen LogP contribution is -2.53. The Morgan fingerprint density at radius 1 is 0.727 bits per heavy atom. The van der Waals surface area contributed by atoms with Crippen molar-refractivity contribution in [3.05, 3.63) is 0 Å². The van der Waals surface area contributed by atoms with Crippen molar-refractivity contribution in [2.45, 2.75) is 116 Å². The van der Waals surface area contributed by atoms with Crippen LogP contribution in [0.3, 0.4) is 0 Å². The molecule has 0 amide bonds. The third-order valence-corrected chi connectivity index (χ3v) is 11.4. The molecule has 0 aliphatic heterocycles. The summed E-state index contributed by atoms with van der Waals surface area (Å²) in [5.41, 5.74) is 0.902. The highest BCUT2D eigenvalue weighted by molar-refractivity contribution is 5.09. The first kappa shape index (κ1) is 25.8. The van der Waals surface area contributed by atoms with Gasteiger partial charge in [0.05, 0.1) is 0 Å². The predicted molar refractivity (Wildman–Crippen MR) is 125 cm³/mol. The van der Waals surface area contributed by atoms with Crippen LogP contribution in [0.25, 0.3) is 0 Å². The molecule has 0 radical (unpaired) electrons. The molecule has 4 saturated carbocycles. The second-order valence-electron chi connectivity index (χ2n) is 13.0. The van der Waals surface area contributed by atoms with Crippen LogP contribution in [-0.4, -0.2) is 42.6 Å². The van der Waals surface area contributed by atoms with E-state index in [9.17, 15) is 30.6 Å². The molecule has 4 aliphatic rings. The largest absolute Gasteiger partial charge is 0.343 e. The molecule has 6 heteroatoms. The van der Waals surface area contributed by atoms with Gasteiger partial charge in [-0.3, -0.25) is 0 Å². The van der Waals surface area contributed by atoms with Gasteiger partial charge in [0, 0.05) is 0 Å². The van der Waals surface area contributed by atoms with Crippen molar-refractivity contribution in [3.63, 3.8) is 0 Å². The van der Waals surface area contributed by atoms with Crippen molar-refractivity contribution in [2.75, 3.05) is 0 Å². The Bertz CT molecular complexity index is 669. The minimum Gasteiger partial charge on any atom is -0.343 e. The zero-order valence-corrected chi connectivity index (χ0v) is 20.9. The fourth-order valence-corrected chi connectivity index (χ4v) is 9.76. The molecular weight excluding hydrogens is 420 g/mol. The van der Waals surface area contributed by atoms with Gasteiger partial charge in [0.15, 0.2) is 0 Å². The Labute approximate surface area is 199 Å². The molecule has 0 bridgehead atoms.